The number of rotatable bonds is 5. The fraction of sp³-hybridized carbons (Fsp3) is 0.438. The van der Waals surface area contributed by atoms with Crippen molar-refractivity contribution in [1.29, 1.82) is 0 Å². The number of methoxy groups -OCH3 is 1. The van der Waals surface area contributed by atoms with Crippen molar-refractivity contribution in [2.45, 2.75) is 25.4 Å². The Morgan fingerprint density at radius 1 is 1.41 bits per heavy atom. The van der Waals surface area contributed by atoms with Crippen molar-refractivity contribution in [3.05, 3.63) is 47.6 Å². The van der Waals surface area contributed by atoms with Crippen molar-refractivity contribution in [1.82, 2.24) is 15.0 Å². The molecule has 1 aromatic carbocycles. The van der Waals surface area contributed by atoms with Gasteiger partial charge < -0.3 is 14.2 Å². The van der Waals surface area contributed by atoms with Gasteiger partial charge in [-0.2, -0.15) is 4.98 Å². The van der Waals surface area contributed by atoms with E-state index in [1.165, 1.54) is 0 Å². The topological polar surface area (TPSA) is 68.5 Å². The summed E-state index contributed by atoms with van der Waals surface area (Å²) in [6, 6.07) is 9.80. The molecule has 0 unspecified atom stereocenters. The molecule has 22 heavy (non-hydrogen) atoms. The highest BCUT2D eigenvalue weighted by atomic mass is 16.5. The molecular weight excluding hydrogens is 282 g/mol. The molecule has 0 aliphatic carbocycles. The van der Waals surface area contributed by atoms with Gasteiger partial charge in [-0.05, 0) is 12.0 Å². The van der Waals surface area contributed by atoms with Gasteiger partial charge in [0.25, 0.3) is 5.89 Å². The Morgan fingerprint density at radius 2 is 2.23 bits per heavy atom. The number of hydrogen-bond acceptors (Lipinski definition) is 5. The van der Waals surface area contributed by atoms with E-state index in [0.717, 1.165) is 18.5 Å². The summed E-state index contributed by atoms with van der Waals surface area (Å²) in [5, 5.41) is 3.99. The van der Waals surface area contributed by atoms with Gasteiger partial charge in [0.05, 0.1) is 6.42 Å². The summed E-state index contributed by atoms with van der Waals surface area (Å²) in [5.74, 6) is 1.44. The number of benzene rings is 1. The van der Waals surface area contributed by atoms with Gasteiger partial charge in [-0.1, -0.05) is 35.5 Å². The van der Waals surface area contributed by atoms with Crippen LogP contribution in [0, 0.1) is 0 Å². The quantitative estimate of drug-likeness (QED) is 0.842. The molecule has 116 valence electrons. The van der Waals surface area contributed by atoms with Crippen LogP contribution in [0.1, 0.15) is 29.6 Å². The van der Waals surface area contributed by atoms with Crippen molar-refractivity contribution in [2.75, 3.05) is 20.2 Å². The second-order valence-corrected chi connectivity index (χ2v) is 5.47. The molecule has 1 atom stereocenters. The van der Waals surface area contributed by atoms with Gasteiger partial charge >= 0.3 is 0 Å². The average Bonchev–Trinajstić information content (AvgIpc) is 3.17. The smallest absolute Gasteiger partial charge is 0.252 e. The van der Waals surface area contributed by atoms with Crippen LogP contribution in [0.5, 0.6) is 0 Å². The van der Waals surface area contributed by atoms with Crippen LogP contribution < -0.4 is 0 Å². The van der Waals surface area contributed by atoms with Crippen LogP contribution >= 0.6 is 0 Å². The monoisotopic (exact) mass is 301 g/mol. The maximum Gasteiger partial charge on any atom is 0.252 e. The van der Waals surface area contributed by atoms with Crippen molar-refractivity contribution in [3.8, 4) is 0 Å². The van der Waals surface area contributed by atoms with E-state index in [1.807, 2.05) is 35.2 Å². The first-order chi connectivity index (χ1) is 10.8. The highest BCUT2D eigenvalue weighted by molar-refractivity contribution is 5.79. The van der Waals surface area contributed by atoms with E-state index in [0.29, 0.717) is 31.3 Å². The fourth-order valence-electron chi connectivity index (χ4n) is 2.70. The van der Waals surface area contributed by atoms with E-state index in [-0.39, 0.29) is 11.8 Å². The summed E-state index contributed by atoms with van der Waals surface area (Å²) in [6.45, 7) is 1.71. The lowest BCUT2D eigenvalue weighted by Gasteiger charge is -2.15. The maximum atomic E-state index is 12.3. The standard InChI is InChI=1S/C16H19N3O3/c1-21-11-14-17-16(18-22-14)13-7-8-19(10-13)15(20)9-12-5-3-2-4-6-12/h2-6,13H,7-11H2,1H3/t13-/m0/s1. The maximum absolute atomic E-state index is 12.3. The number of amides is 1. The molecular formula is C16H19N3O3. The van der Waals surface area contributed by atoms with Crippen LogP contribution in [0.3, 0.4) is 0 Å². The summed E-state index contributed by atoms with van der Waals surface area (Å²) in [5.41, 5.74) is 1.04. The molecule has 2 aromatic rings. The number of carbonyl (C=O) groups excluding carboxylic acids is 1. The van der Waals surface area contributed by atoms with Crippen molar-refractivity contribution in [2.24, 2.45) is 0 Å². The minimum Gasteiger partial charge on any atom is -0.375 e. The van der Waals surface area contributed by atoms with E-state index in [2.05, 4.69) is 10.1 Å². The lowest BCUT2D eigenvalue weighted by Crippen LogP contribution is -2.29. The summed E-state index contributed by atoms with van der Waals surface area (Å²) in [6.07, 6.45) is 1.31. The lowest BCUT2D eigenvalue weighted by molar-refractivity contribution is -0.129. The fourth-order valence-corrected chi connectivity index (χ4v) is 2.70. The second-order valence-electron chi connectivity index (χ2n) is 5.47. The van der Waals surface area contributed by atoms with Gasteiger partial charge in [0.1, 0.15) is 6.61 Å². The van der Waals surface area contributed by atoms with Crippen LogP contribution in [0.2, 0.25) is 0 Å². The average molecular weight is 301 g/mol. The third kappa shape index (κ3) is 3.33. The second kappa shape index (κ2) is 6.70. The third-order valence-electron chi connectivity index (χ3n) is 3.86. The van der Waals surface area contributed by atoms with E-state index >= 15 is 0 Å². The number of nitrogens with zero attached hydrogens (tertiary/aromatic N) is 3. The number of ether oxygens (including phenoxy) is 1. The van der Waals surface area contributed by atoms with E-state index < -0.39 is 0 Å². The molecule has 1 aliphatic heterocycles. The van der Waals surface area contributed by atoms with Crippen molar-refractivity contribution >= 4 is 5.91 Å². The first-order valence-electron chi connectivity index (χ1n) is 7.39. The Morgan fingerprint density at radius 3 is 3.00 bits per heavy atom. The van der Waals surface area contributed by atoms with Gasteiger partial charge in [0, 0.05) is 26.1 Å². The molecule has 1 amide bonds. The predicted molar refractivity (Wildman–Crippen MR) is 79.1 cm³/mol. The highest BCUT2D eigenvalue weighted by Crippen LogP contribution is 2.25. The molecule has 3 rings (SSSR count). The SMILES string of the molecule is COCc1nc([C@H]2CCN(C(=O)Cc3ccccc3)C2)no1. The van der Waals surface area contributed by atoms with Crippen LogP contribution in [0.4, 0.5) is 0 Å². The van der Waals surface area contributed by atoms with Gasteiger partial charge in [-0.3, -0.25) is 4.79 Å². The number of likely N-dealkylation sites (tertiary alicyclic amines) is 1. The molecule has 0 bridgehead atoms. The first-order valence-corrected chi connectivity index (χ1v) is 7.39. The zero-order valence-electron chi connectivity index (χ0n) is 12.6. The number of aromatic nitrogens is 2. The molecule has 0 radical (unpaired) electrons. The van der Waals surface area contributed by atoms with Gasteiger partial charge in [-0.25, -0.2) is 0 Å². The third-order valence-corrected chi connectivity index (χ3v) is 3.86. The zero-order valence-corrected chi connectivity index (χ0v) is 12.6. The van der Waals surface area contributed by atoms with Crippen molar-refractivity contribution < 1.29 is 14.1 Å². The van der Waals surface area contributed by atoms with Crippen molar-refractivity contribution in [3.63, 3.8) is 0 Å². The van der Waals surface area contributed by atoms with Crippen LogP contribution in [-0.2, 0) is 22.6 Å². The Hall–Kier alpha value is -2.21. The highest BCUT2D eigenvalue weighted by Gasteiger charge is 2.30. The normalized spacial score (nSPS) is 17.9. The van der Waals surface area contributed by atoms with E-state index in [9.17, 15) is 4.79 Å². The largest absolute Gasteiger partial charge is 0.375 e. The predicted octanol–water partition coefficient (Wildman–Crippen LogP) is 1.77. The minimum atomic E-state index is 0.147. The molecule has 1 aliphatic rings. The Kier molecular flexibility index (Phi) is 4.48. The lowest BCUT2D eigenvalue weighted by atomic mass is 10.1. The first kappa shape index (κ1) is 14.7. The van der Waals surface area contributed by atoms with Gasteiger partial charge in [0.15, 0.2) is 5.82 Å². The van der Waals surface area contributed by atoms with Crippen LogP contribution in [0.15, 0.2) is 34.9 Å². The molecule has 1 aromatic heterocycles. The minimum absolute atomic E-state index is 0.147. The van der Waals surface area contributed by atoms with Gasteiger partial charge in [-0.15, -0.1) is 0 Å². The Balaban J connectivity index is 1.58. The molecule has 0 saturated carbocycles. The van der Waals surface area contributed by atoms with Crippen LogP contribution in [0.25, 0.3) is 0 Å². The Bertz CT molecular complexity index is 627. The molecule has 2 heterocycles. The Labute approximate surface area is 129 Å². The molecule has 1 saturated heterocycles. The van der Waals surface area contributed by atoms with Gasteiger partial charge in [0.2, 0.25) is 5.91 Å². The number of hydrogen-bond donors (Lipinski definition) is 0. The summed E-state index contributed by atoms with van der Waals surface area (Å²) in [4.78, 5) is 18.5. The summed E-state index contributed by atoms with van der Waals surface area (Å²) < 4.78 is 10.1. The molecule has 6 nitrogen and oxygen atoms in total. The molecule has 6 heteroatoms. The van der Waals surface area contributed by atoms with E-state index in [4.69, 9.17) is 9.26 Å². The van der Waals surface area contributed by atoms with E-state index in [1.54, 1.807) is 7.11 Å². The molecule has 1 fully saturated rings. The molecule has 0 N–H and O–H groups in total. The molecule has 0 spiro atoms. The van der Waals surface area contributed by atoms with Crippen LogP contribution in [-0.4, -0.2) is 41.1 Å². The summed E-state index contributed by atoms with van der Waals surface area (Å²) in [7, 11) is 1.59. The number of carbonyl (C=O) groups is 1. The zero-order chi connectivity index (χ0) is 15.4. The summed E-state index contributed by atoms with van der Waals surface area (Å²) >= 11 is 0.